The second kappa shape index (κ2) is 7.82. The van der Waals surface area contributed by atoms with E-state index >= 15 is 0 Å². The minimum absolute atomic E-state index is 0.328. The molecule has 0 unspecified atom stereocenters. The zero-order chi connectivity index (χ0) is 18.6. The van der Waals surface area contributed by atoms with Gasteiger partial charge >= 0.3 is 0 Å². The number of rotatable bonds is 2. The lowest BCUT2D eigenvalue weighted by molar-refractivity contribution is 0.804. The van der Waals surface area contributed by atoms with Gasteiger partial charge in [0.1, 0.15) is 17.5 Å². The lowest BCUT2D eigenvalue weighted by Gasteiger charge is -2.22. The van der Waals surface area contributed by atoms with Crippen LogP contribution in [0.4, 0.5) is 29.4 Å². The molecule has 9 heteroatoms. The van der Waals surface area contributed by atoms with Gasteiger partial charge in [0, 0.05) is 52.1 Å². The van der Waals surface area contributed by atoms with Crippen molar-refractivity contribution in [1.82, 2.24) is 19.9 Å². The fourth-order valence-electron chi connectivity index (χ4n) is 2.51. The standard InChI is InChI=1S/C9H15N5.C7H12N4/c1-14(2)8-6-4-3-5-11-7(6)12-9(10)13-8;1-5-4-6(11(2)3)10-7(8)9-5/h3-5H2,1-2H3,(H3,10,11,12,13);4H,1-3H3,(H2,8,9,10). The van der Waals surface area contributed by atoms with Crippen LogP contribution in [0.5, 0.6) is 0 Å². The number of anilines is 5. The normalized spacial score (nSPS) is 12.4. The summed E-state index contributed by atoms with van der Waals surface area (Å²) in [6.45, 7) is 2.86. The molecule has 0 aliphatic carbocycles. The Morgan fingerprint density at radius 3 is 2.24 bits per heavy atom. The lowest BCUT2D eigenvalue weighted by Crippen LogP contribution is -2.21. The van der Waals surface area contributed by atoms with Gasteiger partial charge < -0.3 is 26.6 Å². The number of fused-ring (bicyclic) bond motifs is 1. The van der Waals surface area contributed by atoms with Crippen LogP contribution in [0.1, 0.15) is 17.7 Å². The number of nitrogens with one attached hydrogen (secondary N) is 1. The zero-order valence-corrected chi connectivity index (χ0v) is 15.5. The van der Waals surface area contributed by atoms with E-state index in [-0.39, 0.29) is 0 Å². The summed E-state index contributed by atoms with van der Waals surface area (Å²) in [5, 5.41) is 3.24. The molecule has 1 aliphatic rings. The van der Waals surface area contributed by atoms with Crippen LogP contribution in [0, 0.1) is 6.92 Å². The predicted molar refractivity (Wildman–Crippen MR) is 103 cm³/mol. The van der Waals surface area contributed by atoms with Crippen molar-refractivity contribution in [2.24, 2.45) is 0 Å². The molecule has 136 valence electrons. The van der Waals surface area contributed by atoms with Crippen molar-refractivity contribution in [3.05, 3.63) is 17.3 Å². The first kappa shape index (κ1) is 18.5. The van der Waals surface area contributed by atoms with E-state index in [0.717, 1.165) is 42.5 Å². The Morgan fingerprint density at radius 1 is 0.960 bits per heavy atom. The van der Waals surface area contributed by atoms with Gasteiger partial charge in [-0.3, -0.25) is 0 Å². The Hall–Kier alpha value is -2.84. The third-order valence-electron chi connectivity index (χ3n) is 3.64. The molecule has 2 aromatic rings. The summed E-state index contributed by atoms with van der Waals surface area (Å²) in [6, 6.07) is 1.89. The molecule has 0 saturated heterocycles. The third kappa shape index (κ3) is 4.82. The molecule has 0 atom stereocenters. The van der Waals surface area contributed by atoms with Gasteiger partial charge in [0.15, 0.2) is 0 Å². The molecular formula is C16H27N9. The van der Waals surface area contributed by atoms with E-state index in [9.17, 15) is 0 Å². The highest BCUT2D eigenvalue weighted by atomic mass is 15.2. The molecule has 0 radical (unpaired) electrons. The zero-order valence-electron chi connectivity index (χ0n) is 15.5. The molecule has 0 amide bonds. The monoisotopic (exact) mass is 345 g/mol. The summed E-state index contributed by atoms with van der Waals surface area (Å²) in [6.07, 6.45) is 2.15. The largest absolute Gasteiger partial charge is 0.370 e. The van der Waals surface area contributed by atoms with E-state index in [0.29, 0.717) is 11.9 Å². The molecule has 3 heterocycles. The average molecular weight is 345 g/mol. The van der Waals surface area contributed by atoms with Gasteiger partial charge in [-0.2, -0.15) is 15.0 Å². The van der Waals surface area contributed by atoms with E-state index in [2.05, 4.69) is 25.3 Å². The smallest absolute Gasteiger partial charge is 0.223 e. The minimum atomic E-state index is 0.328. The summed E-state index contributed by atoms with van der Waals surface area (Å²) in [7, 11) is 7.77. The first-order valence-corrected chi connectivity index (χ1v) is 8.14. The molecule has 0 fully saturated rings. The van der Waals surface area contributed by atoms with E-state index in [1.54, 1.807) is 0 Å². The number of hydrogen-bond donors (Lipinski definition) is 3. The maximum atomic E-state index is 5.63. The molecule has 0 aromatic carbocycles. The summed E-state index contributed by atoms with van der Waals surface area (Å²) in [5.41, 5.74) is 13.1. The van der Waals surface area contributed by atoms with E-state index in [1.165, 1.54) is 5.56 Å². The fourth-order valence-corrected chi connectivity index (χ4v) is 2.51. The van der Waals surface area contributed by atoms with Crippen LogP contribution in [-0.4, -0.2) is 54.7 Å². The van der Waals surface area contributed by atoms with Crippen LogP contribution in [0.2, 0.25) is 0 Å². The first-order valence-electron chi connectivity index (χ1n) is 8.14. The summed E-state index contributed by atoms with van der Waals surface area (Å²) in [5.74, 6) is 3.33. The number of nitrogens with zero attached hydrogens (tertiary/aromatic N) is 6. The van der Waals surface area contributed by atoms with Crippen LogP contribution >= 0.6 is 0 Å². The van der Waals surface area contributed by atoms with Crippen LogP contribution < -0.4 is 26.6 Å². The number of hydrogen-bond acceptors (Lipinski definition) is 9. The molecular weight excluding hydrogens is 318 g/mol. The molecule has 25 heavy (non-hydrogen) atoms. The van der Waals surface area contributed by atoms with Gasteiger partial charge in [0.05, 0.1) is 0 Å². The SMILES string of the molecule is CN(C)c1nc(N)nc2c1CCCN2.Cc1cc(N(C)C)nc(N)n1. The molecule has 5 N–H and O–H groups in total. The lowest BCUT2D eigenvalue weighted by atomic mass is 10.1. The van der Waals surface area contributed by atoms with Crippen LogP contribution in [-0.2, 0) is 6.42 Å². The van der Waals surface area contributed by atoms with Gasteiger partial charge in [0.25, 0.3) is 0 Å². The van der Waals surface area contributed by atoms with Crippen molar-refractivity contribution in [3.63, 3.8) is 0 Å². The number of nitrogens with two attached hydrogens (primary N) is 2. The summed E-state index contributed by atoms with van der Waals surface area (Å²) >= 11 is 0. The number of aromatic nitrogens is 4. The maximum Gasteiger partial charge on any atom is 0.223 e. The van der Waals surface area contributed by atoms with Gasteiger partial charge in [-0.05, 0) is 19.8 Å². The minimum Gasteiger partial charge on any atom is -0.370 e. The third-order valence-corrected chi connectivity index (χ3v) is 3.64. The molecule has 0 spiro atoms. The predicted octanol–water partition coefficient (Wildman–Crippen LogP) is 0.916. The summed E-state index contributed by atoms with van der Waals surface area (Å²) < 4.78 is 0. The molecule has 0 saturated carbocycles. The highest BCUT2D eigenvalue weighted by molar-refractivity contribution is 5.62. The number of aryl methyl sites for hydroxylation is 1. The van der Waals surface area contributed by atoms with Crippen molar-refractivity contribution in [1.29, 1.82) is 0 Å². The van der Waals surface area contributed by atoms with Crippen LogP contribution in [0.15, 0.2) is 6.07 Å². The van der Waals surface area contributed by atoms with Crippen molar-refractivity contribution >= 4 is 29.4 Å². The highest BCUT2D eigenvalue weighted by Crippen LogP contribution is 2.27. The fraction of sp³-hybridized carbons (Fsp3) is 0.500. The van der Waals surface area contributed by atoms with Crippen LogP contribution in [0.25, 0.3) is 0 Å². The van der Waals surface area contributed by atoms with E-state index in [4.69, 9.17) is 11.5 Å². The second-order valence-electron chi connectivity index (χ2n) is 6.28. The quantitative estimate of drug-likeness (QED) is 0.729. The Kier molecular flexibility index (Phi) is 5.79. The molecule has 2 aromatic heterocycles. The second-order valence-corrected chi connectivity index (χ2v) is 6.28. The Morgan fingerprint density at radius 2 is 1.64 bits per heavy atom. The summed E-state index contributed by atoms with van der Waals surface area (Å²) in [4.78, 5) is 20.3. The molecule has 9 nitrogen and oxygen atoms in total. The van der Waals surface area contributed by atoms with Crippen molar-refractivity contribution in [2.75, 3.05) is 61.3 Å². The topological polar surface area (TPSA) is 122 Å². The van der Waals surface area contributed by atoms with Gasteiger partial charge in [0.2, 0.25) is 11.9 Å². The van der Waals surface area contributed by atoms with Crippen molar-refractivity contribution in [2.45, 2.75) is 19.8 Å². The number of nitrogen functional groups attached to an aromatic ring is 2. The molecule has 3 rings (SSSR count). The first-order chi connectivity index (χ1) is 11.8. The van der Waals surface area contributed by atoms with Gasteiger partial charge in [-0.15, -0.1) is 0 Å². The van der Waals surface area contributed by atoms with E-state index in [1.807, 2.05) is 51.0 Å². The Labute approximate surface area is 148 Å². The van der Waals surface area contributed by atoms with E-state index < -0.39 is 0 Å². The molecule has 0 bridgehead atoms. The molecule has 1 aliphatic heterocycles. The Bertz CT molecular complexity index is 708. The Balaban J connectivity index is 0.000000186. The van der Waals surface area contributed by atoms with Gasteiger partial charge in [-0.25, -0.2) is 4.98 Å². The van der Waals surface area contributed by atoms with Crippen molar-refractivity contribution in [3.8, 4) is 0 Å². The maximum absolute atomic E-state index is 5.63. The van der Waals surface area contributed by atoms with Crippen LogP contribution in [0.3, 0.4) is 0 Å². The van der Waals surface area contributed by atoms with Gasteiger partial charge in [-0.1, -0.05) is 0 Å². The highest BCUT2D eigenvalue weighted by Gasteiger charge is 2.17. The van der Waals surface area contributed by atoms with Crippen molar-refractivity contribution < 1.29 is 0 Å². The average Bonchev–Trinajstić information content (AvgIpc) is 2.53.